The van der Waals surface area contributed by atoms with Gasteiger partial charge in [0.1, 0.15) is 5.56 Å². The largest absolute Gasteiger partial charge is 0.352 e. The van der Waals surface area contributed by atoms with Crippen LogP contribution in [0.25, 0.3) is 4.96 Å². The Hall–Kier alpha value is -2.22. The van der Waals surface area contributed by atoms with Crippen molar-refractivity contribution in [2.45, 2.75) is 32.1 Å². The number of likely N-dealkylation sites (tertiary alicyclic amines) is 1. The fraction of sp³-hybridized carbons (Fsp3) is 0.500. The second-order valence-corrected chi connectivity index (χ2v) is 6.71. The number of hydrogen-bond donors (Lipinski definition) is 1. The summed E-state index contributed by atoms with van der Waals surface area (Å²) in [5, 5.41) is 4.49. The van der Waals surface area contributed by atoms with E-state index in [4.69, 9.17) is 0 Å². The highest BCUT2D eigenvalue weighted by Gasteiger charge is 2.16. The molecule has 1 aliphatic rings. The molecule has 0 saturated carbocycles. The first-order valence-corrected chi connectivity index (χ1v) is 9.05. The van der Waals surface area contributed by atoms with Crippen molar-refractivity contribution in [3.8, 4) is 0 Å². The van der Waals surface area contributed by atoms with Crippen LogP contribution in [0, 0.1) is 0 Å². The van der Waals surface area contributed by atoms with Crippen molar-refractivity contribution >= 4 is 28.1 Å². The van der Waals surface area contributed by atoms with Crippen LogP contribution in [0.15, 0.2) is 22.6 Å². The molecular formula is C16H20N4O3S. The summed E-state index contributed by atoms with van der Waals surface area (Å²) in [6, 6.07) is 0. The highest BCUT2D eigenvalue weighted by molar-refractivity contribution is 7.15. The molecule has 0 aliphatic carbocycles. The number of carbonyl (C=O) groups is 2. The first-order valence-electron chi connectivity index (χ1n) is 8.17. The molecule has 0 spiro atoms. The minimum atomic E-state index is -0.421. The normalized spacial score (nSPS) is 15.5. The minimum Gasteiger partial charge on any atom is -0.352 e. The molecule has 0 aromatic carbocycles. The number of carbonyl (C=O) groups excluding carboxylic acids is 2. The molecular weight excluding hydrogens is 328 g/mol. The summed E-state index contributed by atoms with van der Waals surface area (Å²) in [6.45, 7) is 1.86. The fourth-order valence-electron chi connectivity index (χ4n) is 2.82. The molecule has 0 radical (unpaired) electrons. The van der Waals surface area contributed by atoms with Gasteiger partial charge < -0.3 is 10.2 Å². The van der Waals surface area contributed by atoms with Crippen LogP contribution in [-0.2, 0) is 4.79 Å². The number of hydrogen-bond acceptors (Lipinski definition) is 5. The first kappa shape index (κ1) is 16.6. The maximum absolute atomic E-state index is 12.2. The summed E-state index contributed by atoms with van der Waals surface area (Å²) in [7, 11) is 0. The van der Waals surface area contributed by atoms with Gasteiger partial charge in [0.15, 0.2) is 4.96 Å². The molecule has 0 bridgehead atoms. The van der Waals surface area contributed by atoms with Crippen molar-refractivity contribution in [3.63, 3.8) is 0 Å². The van der Waals surface area contributed by atoms with Crippen LogP contribution in [0.5, 0.6) is 0 Å². The molecule has 1 N–H and O–H groups in total. The van der Waals surface area contributed by atoms with E-state index in [-0.39, 0.29) is 17.0 Å². The van der Waals surface area contributed by atoms with Crippen LogP contribution in [0.1, 0.15) is 42.5 Å². The van der Waals surface area contributed by atoms with Gasteiger partial charge in [-0.25, -0.2) is 4.98 Å². The van der Waals surface area contributed by atoms with E-state index in [0.29, 0.717) is 30.9 Å². The fourth-order valence-corrected chi connectivity index (χ4v) is 3.50. The van der Waals surface area contributed by atoms with Crippen LogP contribution >= 0.6 is 11.3 Å². The molecule has 2 aromatic rings. The van der Waals surface area contributed by atoms with E-state index in [1.165, 1.54) is 21.9 Å². The number of nitrogens with one attached hydrogen (secondary N) is 1. The Balaban J connectivity index is 1.52. The van der Waals surface area contributed by atoms with Crippen LogP contribution in [0.3, 0.4) is 0 Å². The third-order valence-corrected chi connectivity index (χ3v) is 4.92. The predicted molar refractivity (Wildman–Crippen MR) is 91.3 cm³/mol. The molecule has 0 unspecified atom stereocenters. The van der Waals surface area contributed by atoms with Crippen LogP contribution < -0.4 is 10.9 Å². The van der Waals surface area contributed by atoms with Gasteiger partial charge in [-0.15, -0.1) is 11.3 Å². The molecule has 2 aromatic heterocycles. The standard InChI is InChI=1S/C16H20N4O3S/c21-13-5-2-1-3-7-19(13)8-4-6-17-14(22)12-11-18-16-20(15(12)23)9-10-24-16/h9-11H,1-8H2,(H,17,22). The SMILES string of the molecule is O=C(NCCCN1CCCCCC1=O)c1cnc2sccn2c1=O. The number of nitrogens with zero attached hydrogens (tertiary/aromatic N) is 3. The zero-order chi connectivity index (χ0) is 16.9. The summed E-state index contributed by atoms with van der Waals surface area (Å²) in [5.74, 6) is -0.223. The highest BCUT2D eigenvalue weighted by Crippen LogP contribution is 2.11. The Labute approximate surface area is 143 Å². The maximum atomic E-state index is 12.2. The number of aromatic nitrogens is 2. The van der Waals surface area contributed by atoms with Gasteiger partial charge in [0.25, 0.3) is 11.5 Å². The third-order valence-electron chi connectivity index (χ3n) is 4.15. The lowest BCUT2D eigenvalue weighted by Crippen LogP contribution is -2.35. The van der Waals surface area contributed by atoms with Gasteiger partial charge >= 0.3 is 0 Å². The molecule has 3 heterocycles. The number of amides is 2. The van der Waals surface area contributed by atoms with Crippen molar-refractivity contribution in [2.75, 3.05) is 19.6 Å². The second-order valence-electron chi connectivity index (χ2n) is 5.83. The van der Waals surface area contributed by atoms with Crippen LogP contribution in [0.4, 0.5) is 0 Å². The summed E-state index contributed by atoms with van der Waals surface area (Å²) in [5.41, 5.74) is -0.321. The molecule has 3 rings (SSSR count). The van der Waals surface area contributed by atoms with Gasteiger partial charge in [0, 0.05) is 43.8 Å². The zero-order valence-corrected chi connectivity index (χ0v) is 14.2. The van der Waals surface area contributed by atoms with Gasteiger partial charge in [-0.05, 0) is 19.3 Å². The summed E-state index contributed by atoms with van der Waals surface area (Å²) in [4.78, 5) is 42.8. The number of rotatable bonds is 5. The molecule has 8 heteroatoms. The van der Waals surface area contributed by atoms with Gasteiger partial charge in [-0.3, -0.25) is 18.8 Å². The topological polar surface area (TPSA) is 83.8 Å². The molecule has 1 fully saturated rings. The molecule has 7 nitrogen and oxygen atoms in total. The lowest BCUT2D eigenvalue weighted by atomic mass is 10.2. The summed E-state index contributed by atoms with van der Waals surface area (Å²) in [6.07, 6.45) is 7.33. The summed E-state index contributed by atoms with van der Waals surface area (Å²) < 4.78 is 1.37. The van der Waals surface area contributed by atoms with Crippen molar-refractivity contribution in [1.29, 1.82) is 0 Å². The quantitative estimate of drug-likeness (QED) is 0.825. The van der Waals surface area contributed by atoms with E-state index < -0.39 is 5.91 Å². The Morgan fingerprint density at radius 3 is 3.04 bits per heavy atom. The molecule has 0 atom stereocenters. The molecule has 2 amide bonds. The van der Waals surface area contributed by atoms with Crippen molar-refractivity contribution < 1.29 is 9.59 Å². The van der Waals surface area contributed by atoms with E-state index in [0.717, 1.165) is 25.8 Å². The molecule has 1 aliphatic heterocycles. The number of thiazole rings is 1. The van der Waals surface area contributed by atoms with Crippen molar-refractivity contribution in [1.82, 2.24) is 19.6 Å². The minimum absolute atomic E-state index is 0.0387. The maximum Gasteiger partial charge on any atom is 0.271 e. The monoisotopic (exact) mass is 348 g/mol. The van der Waals surface area contributed by atoms with Crippen molar-refractivity contribution in [2.24, 2.45) is 0 Å². The van der Waals surface area contributed by atoms with Crippen molar-refractivity contribution in [3.05, 3.63) is 33.7 Å². The third kappa shape index (κ3) is 3.64. The smallest absolute Gasteiger partial charge is 0.271 e. The van der Waals surface area contributed by atoms with Gasteiger partial charge in [0.2, 0.25) is 5.91 Å². The van der Waals surface area contributed by atoms with Gasteiger partial charge in [-0.2, -0.15) is 0 Å². The first-order chi connectivity index (χ1) is 11.7. The van der Waals surface area contributed by atoms with E-state index in [1.54, 1.807) is 11.6 Å². The van der Waals surface area contributed by atoms with E-state index in [9.17, 15) is 14.4 Å². The average Bonchev–Trinajstić information content (AvgIpc) is 2.97. The lowest BCUT2D eigenvalue weighted by Gasteiger charge is -2.20. The predicted octanol–water partition coefficient (Wildman–Crippen LogP) is 1.28. The Morgan fingerprint density at radius 1 is 1.29 bits per heavy atom. The number of fused-ring (bicyclic) bond motifs is 1. The van der Waals surface area contributed by atoms with E-state index in [1.807, 2.05) is 4.90 Å². The molecule has 1 saturated heterocycles. The Bertz CT molecular complexity index is 798. The molecule has 24 heavy (non-hydrogen) atoms. The highest BCUT2D eigenvalue weighted by atomic mass is 32.1. The molecule has 128 valence electrons. The zero-order valence-electron chi connectivity index (χ0n) is 13.4. The van der Waals surface area contributed by atoms with Gasteiger partial charge in [0.05, 0.1) is 0 Å². The van der Waals surface area contributed by atoms with E-state index >= 15 is 0 Å². The lowest BCUT2D eigenvalue weighted by molar-refractivity contribution is -0.130. The Kier molecular flexibility index (Phi) is 5.24. The summed E-state index contributed by atoms with van der Waals surface area (Å²) >= 11 is 1.34. The van der Waals surface area contributed by atoms with Gasteiger partial charge in [-0.1, -0.05) is 6.42 Å². The second kappa shape index (κ2) is 7.57. The Morgan fingerprint density at radius 2 is 2.17 bits per heavy atom. The van der Waals surface area contributed by atoms with E-state index in [2.05, 4.69) is 10.3 Å². The van der Waals surface area contributed by atoms with Crippen LogP contribution in [-0.4, -0.2) is 45.7 Å². The average molecular weight is 348 g/mol. The van der Waals surface area contributed by atoms with Crippen LogP contribution in [0.2, 0.25) is 0 Å².